The Morgan fingerprint density at radius 1 is 1.05 bits per heavy atom. The molecule has 0 fully saturated rings. The Balaban J connectivity index is 1.84. The molecule has 0 amide bonds. The maximum absolute atomic E-state index is 11.5. The van der Waals surface area contributed by atoms with Crippen molar-refractivity contribution in [3.8, 4) is 5.75 Å². The molecule has 112 valence electrons. The lowest BCUT2D eigenvalue weighted by Crippen LogP contribution is -1.95. The second-order valence-corrected chi connectivity index (χ2v) is 4.39. The average molecular weight is 295 g/mol. The maximum Gasteiger partial charge on any atom is 0.358 e. The van der Waals surface area contributed by atoms with Gasteiger partial charge in [-0.05, 0) is 48.4 Å². The Labute approximate surface area is 129 Å². The van der Waals surface area contributed by atoms with Gasteiger partial charge >= 0.3 is 5.97 Å². The van der Waals surface area contributed by atoms with Gasteiger partial charge < -0.3 is 9.57 Å². The van der Waals surface area contributed by atoms with Gasteiger partial charge in [0, 0.05) is 6.08 Å². The molecule has 0 radical (unpaired) electrons. The first-order chi connectivity index (χ1) is 10.8. The highest BCUT2D eigenvalue weighted by molar-refractivity contribution is 5.88. The van der Waals surface area contributed by atoms with Gasteiger partial charge in [-0.1, -0.05) is 35.5 Å². The minimum absolute atomic E-state index is 0.522. The first-order valence-electron chi connectivity index (χ1n) is 6.98. The van der Waals surface area contributed by atoms with E-state index >= 15 is 0 Å². The lowest BCUT2D eigenvalue weighted by molar-refractivity contribution is -0.137. The molecule has 0 saturated heterocycles. The Morgan fingerprint density at radius 2 is 1.77 bits per heavy atom. The zero-order valence-corrected chi connectivity index (χ0v) is 12.3. The minimum Gasteiger partial charge on any atom is -0.494 e. The summed E-state index contributed by atoms with van der Waals surface area (Å²) in [5, 5.41) is 3.66. The quantitative estimate of drug-likeness (QED) is 0.353. The van der Waals surface area contributed by atoms with Crippen LogP contribution in [0, 0.1) is 0 Å². The molecule has 0 bridgehead atoms. The van der Waals surface area contributed by atoms with Crippen molar-refractivity contribution < 1.29 is 14.4 Å². The summed E-state index contributed by atoms with van der Waals surface area (Å²) in [5.74, 6) is 0.272. The van der Waals surface area contributed by atoms with E-state index in [4.69, 9.17) is 9.57 Å². The number of benzene rings is 2. The van der Waals surface area contributed by atoms with E-state index in [1.165, 1.54) is 12.3 Å². The molecule has 0 aromatic heterocycles. The van der Waals surface area contributed by atoms with Crippen LogP contribution in [0.25, 0.3) is 6.08 Å². The van der Waals surface area contributed by atoms with Crippen LogP contribution in [-0.4, -0.2) is 18.8 Å². The number of oxime groups is 1. The van der Waals surface area contributed by atoms with Crippen molar-refractivity contribution in [1.82, 2.24) is 0 Å². The molecule has 2 rings (SSSR count). The van der Waals surface area contributed by atoms with Crippen LogP contribution in [0.5, 0.6) is 5.75 Å². The molecule has 0 aliphatic rings. The molecule has 4 heteroatoms. The summed E-state index contributed by atoms with van der Waals surface area (Å²) in [5.41, 5.74) is 1.75. The fourth-order valence-electron chi connectivity index (χ4n) is 1.71. The van der Waals surface area contributed by atoms with Crippen molar-refractivity contribution in [1.29, 1.82) is 0 Å². The van der Waals surface area contributed by atoms with E-state index in [-0.39, 0.29) is 0 Å². The molecule has 0 atom stereocenters. The molecule has 2 aromatic carbocycles. The molecule has 0 aliphatic carbocycles. The minimum atomic E-state index is -0.522. The molecule has 0 unspecified atom stereocenters. The van der Waals surface area contributed by atoms with Gasteiger partial charge in [-0.3, -0.25) is 0 Å². The molecule has 2 aromatic rings. The zero-order valence-electron chi connectivity index (χ0n) is 12.3. The van der Waals surface area contributed by atoms with Crippen LogP contribution >= 0.6 is 0 Å². The van der Waals surface area contributed by atoms with Crippen molar-refractivity contribution >= 4 is 18.3 Å². The van der Waals surface area contributed by atoms with Crippen molar-refractivity contribution in [2.45, 2.75) is 6.92 Å². The number of hydrogen-bond acceptors (Lipinski definition) is 4. The summed E-state index contributed by atoms with van der Waals surface area (Å²) in [6, 6.07) is 16.8. The Morgan fingerprint density at radius 3 is 2.45 bits per heavy atom. The average Bonchev–Trinajstić information content (AvgIpc) is 2.56. The first kappa shape index (κ1) is 15.5. The summed E-state index contributed by atoms with van der Waals surface area (Å²) < 4.78 is 5.34. The predicted octanol–water partition coefficient (Wildman–Crippen LogP) is 3.68. The second-order valence-electron chi connectivity index (χ2n) is 4.39. The summed E-state index contributed by atoms with van der Waals surface area (Å²) in [7, 11) is 0. The van der Waals surface area contributed by atoms with Crippen molar-refractivity contribution in [2.75, 3.05) is 6.61 Å². The Bertz CT molecular complexity index is 646. The van der Waals surface area contributed by atoms with Gasteiger partial charge in [0.15, 0.2) is 0 Å². The molecular formula is C18H17NO3. The number of rotatable bonds is 6. The van der Waals surface area contributed by atoms with Crippen molar-refractivity contribution in [3.63, 3.8) is 0 Å². The smallest absolute Gasteiger partial charge is 0.358 e. The van der Waals surface area contributed by atoms with Gasteiger partial charge in [0.05, 0.1) is 12.8 Å². The zero-order chi connectivity index (χ0) is 15.6. The topological polar surface area (TPSA) is 47.9 Å². The third-order valence-corrected chi connectivity index (χ3v) is 2.75. The Kier molecular flexibility index (Phi) is 5.93. The van der Waals surface area contributed by atoms with Crippen LogP contribution < -0.4 is 4.74 Å². The van der Waals surface area contributed by atoms with Crippen LogP contribution in [0.3, 0.4) is 0 Å². The molecule has 4 nitrogen and oxygen atoms in total. The van der Waals surface area contributed by atoms with E-state index in [1.807, 2.05) is 61.5 Å². The number of hydrogen-bond donors (Lipinski definition) is 0. The molecule has 22 heavy (non-hydrogen) atoms. The van der Waals surface area contributed by atoms with E-state index in [1.54, 1.807) is 6.08 Å². The van der Waals surface area contributed by atoms with Crippen LogP contribution in [0.1, 0.15) is 18.1 Å². The predicted molar refractivity (Wildman–Crippen MR) is 86.8 cm³/mol. The van der Waals surface area contributed by atoms with Crippen LogP contribution in [0.15, 0.2) is 65.8 Å². The van der Waals surface area contributed by atoms with Crippen LogP contribution in [-0.2, 0) is 9.63 Å². The number of ether oxygens (including phenoxy) is 1. The second kappa shape index (κ2) is 8.42. The van der Waals surface area contributed by atoms with Gasteiger partial charge in [0.25, 0.3) is 0 Å². The molecule has 0 saturated carbocycles. The fourth-order valence-corrected chi connectivity index (χ4v) is 1.71. The summed E-state index contributed by atoms with van der Waals surface area (Å²) in [6.07, 6.45) is 4.49. The lowest BCUT2D eigenvalue weighted by Gasteiger charge is -2.01. The maximum atomic E-state index is 11.5. The first-order valence-corrected chi connectivity index (χ1v) is 6.98. The van der Waals surface area contributed by atoms with Crippen LogP contribution in [0.2, 0.25) is 0 Å². The van der Waals surface area contributed by atoms with E-state index in [2.05, 4.69) is 5.16 Å². The highest BCUT2D eigenvalue weighted by atomic mass is 16.7. The normalized spacial score (nSPS) is 11.0. The third kappa shape index (κ3) is 5.25. The standard InChI is InChI=1S/C18H17NO3/c1-2-21-17-11-8-16(9-12-17)14-19-22-18(20)13-10-15-6-4-3-5-7-15/h3-14H,2H2,1H3/b13-10+,19-14+. The van der Waals surface area contributed by atoms with Crippen molar-refractivity contribution in [3.05, 3.63) is 71.8 Å². The van der Waals surface area contributed by atoms with E-state index < -0.39 is 5.97 Å². The van der Waals surface area contributed by atoms with E-state index in [0.717, 1.165) is 16.9 Å². The molecule has 0 N–H and O–H groups in total. The SMILES string of the molecule is CCOc1ccc(/C=N/OC(=O)/C=C/c2ccccc2)cc1. The Hall–Kier alpha value is -2.88. The van der Waals surface area contributed by atoms with Crippen molar-refractivity contribution in [2.24, 2.45) is 5.16 Å². The van der Waals surface area contributed by atoms with Gasteiger partial charge in [-0.15, -0.1) is 0 Å². The number of carbonyl (C=O) groups is 1. The molecular weight excluding hydrogens is 278 g/mol. The molecule has 0 spiro atoms. The highest BCUT2D eigenvalue weighted by Crippen LogP contribution is 2.10. The van der Waals surface area contributed by atoms with Crippen LogP contribution in [0.4, 0.5) is 0 Å². The number of nitrogens with zero attached hydrogens (tertiary/aromatic N) is 1. The summed E-state index contributed by atoms with van der Waals surface area (Å²) in [6.45, 7) is 2.55. The summed E-state index contributed by atoms with van der Waals surface area (Å²) >= 11 is 0. The summed E-state index contributed by atoms with van der Waals surface area (Å²) in [4.78, 5) is 16.3. The van der Waals surface area contributed by atoms with Gasteiger partial charge in [-0.2, -0.15) is 0 Å². The van der Waals surface area contributed by atoms with E-state index in [9.17, 15) is 4.79 Å². The van der Waals surface area contributed by atoms with Gasteiger partial charge in [0.2, 0.25) is 0 Å². The molecule has 0 heterocycles. The fraction of sp³-hybridized carbons (Fsp3) is 0.111. The van der Waals surface area contributed by atoms with Gasteiger partial charge in [-0.25, -0.2) is 4.79 Å². The third-order valence-electron chi connectivity index (χ3n) is 2.75. The highest BCUT2D eigenvalue weighted by Gasteiger charge is 1.96. The molecule has 0 aliphatic heterocycles. The largest absolute Gasteiger partial charge is 0.494 e. The van der Waals surface area contributed by atoms with E-state index in [0.29, 0.717) is 6.61 Å². The monoisotopic (exact) mass is 295 g/mol. The lowest BCUT2D eigenvalue weighted by atomic mass is 10.2. The van der Waals surface area contributed by atoms with Gasteiger partial charge in [0.1, 0.15) is 5.75 Å². The number of carbonyl (C=O) groups excluding carboxylic acids is 1.